The largest absolute Gasteiger partial charge is 0.356 e. The van der Waals surface area contributed by atoms with Crippen molar-refractivity contribution in [3.63, 3.8) is 0 Å². The van der Waals surface area contributed by atoms with Crippen LogP contribution in [0.15, 0.2) is 24.3 Å². The van der Waals surface area contributed by atoms with E-state index in [2.05, 4.69) is 29.7 Å². The van der Waals surface area contributed by atoms with Crippen molar-refractivity contribution in [2.45, 2.75) is 64.5 Å². The average molecular weight is 357 g/mol. The summed E-state index contributed by atoms with van der Waals surface area (Å²) in [6, 6.07) is 8.22. The molecule has 1 aromatic carbocycles. The summed E-state index contributed by atoms with van der Waals surface area (Å²) in [6.07, 6.45) is 7.08. The molecule has 2 aliphatic rings. The molecule has 3 rings (SSSR count). The van der Waals surface area contributed by atoms with Gasteiger partial charge in [-0.2, -0.15) is 0 Å². The second-order valence-corrected chi connectivity index (χ2v) is 7.65. The number of hydrogen-bond donors (Lipinski definition) is 2. The minimum absolute atomic E-state index is 0.0329. The van der Waals surface area contributed by atoms with Crippen LogP contribution >= 0.6 is 0 Å². The first kappa shape index (κ1) is 18.7. The molecule has 1 heterocycles. The summed E-state index contributed by atoms with van der Waals surface area (Å²) in [6.45, 7) is 4.09. The van der Waals surface area contributed by atoms with Gasteiger partial charge >= 0.3 is 6.03 Å². The second-order valence-electron chi connectivity index (χ2n) is 7.65. The molecule has 0 spiro atoms. The lowest BCUT2D eigenvalue weighted by molar-refractivity contribution is -0.126. The third-order valence-electron chi connectivity index (χ3n) is 5.67. The maximum atomic E-state index is 12.9. The Hall–Kier alpha value is -2.04. The first-order chi connectivity index (χ1) is 12.6. The van der Waals surface area contributed by atoms with Gasteiger partial charge < -0.3 is 15.5 Å². The van der Waals surface area contributed by atoms with E-state index in [0.717, 1.165) is 63.6 Å². The highest BCUT2D eigenvalue weighted by Crippen LogP contribution is 2.31. The van der Waals surface area contributed by atoms with E-state index in [-0.39, 0.29) is 23.9 Å². The van der Waals surface area contributed by atoms with Gasteiger partial charge in [0.1, 0.15) is 0 Å². The minimum Gasteiger partial charge on any atom is -0.356 e. The molecule has 2 unspecified atom stereocenters. The van der Waals surface area contributed by atoms with E-state index >= 15 is 0 Å². The fourth-order valence-electron chi connectivity index (χ4n) is 4.13. The second kappa shape index (κ2) is 9.06. The van der Waals surface area contributed by atoms with Crippen molar-refractivity contribution in [1.82, 2.24) is 15.5 Å². The molecule has 1 aliphatic carbocycles. The highest BCUT2D eigenvalue weighted by molar-refractivity contribution is 5.81. The number of rotatable bonds is 2. The maximum Gasteiger partial charge on any atom is 0.317 e. The van der Waals surface area contributed by atoms with Crippen molar-refractivity contribution in [2.24, 2.45) is 5.92 Å². The number of aryl methyl sites for hydroxylation is 1. The minimum atomic E-state index is -0.0572. The van der Waals surface area contributed by atoms with Crippen LogP contribution in [0.5, 0.6) is 0 Å². The van der Waals surface area contributed by atoms with Gasteiger partial charge in [0.2, 0.25) is 5.91 Å². The van der Waals surface area contributed by atoms with E-state index < -0.39 is 0 Å². The van der Waals surface area contributed by atoms with Gasteiger partial charge in [0.25, 0.3) is 0 Å². The van der Waals surface area contributed by atoms with E-state index in [4.69, 9.17) is 0 Å². The molecule has 1 saturated carbocycles. The topological polar surface area (TPSA) is 61.4 Å². The van der Waals surface area contributed by atoms with Crippen LogP contribution < -0.4 is 10.6 Å². The molecule has 142 valence electrons. The third kappa shape index (κ3) is 4.77. The third-order valence-corrected chi connectivity index (χ3v) is 5.67. The van der Waals surface area contributed by atoms with Crippen molar-refractivity contribution in [3.05, 3.63) is 35.4 Å². The van der Waals surface area contributed by atoms with Crippen molar-refractivity contribution in [3.8, 4) is 0 Å². The summed E-state index contributed by atoms with van der Waals surface area (Å²) in [5, 5.41) is 6.15. The molecular weight excluding hydrogens is 326 g/mol. The standard InChI is InChI=1S/C21H31N3O2/c1-16-9-11-17(12-10-16)15-23-21(26)24-14-5-3-2-4-13-22-20(25)18-7-6-8-19(18)24/h9-12,18-19H,2-8,13-15H2,1H3,(H,22,25)(H,23,26). The molecule has 3 amide bonds. The lowest BCUT2D eigenvalue weighted by Crippen LogP contribution is -2.50. The van der Waals surface area contributed by atoms with Crippen molar-refractivity contribution in [1.29, 1.82) is 0 Å². The molecule has 26 heavy (non-hydrogen) atoms. The van der Waals surface area contributed by atoms with Gasteiger partial charge in [-0.05, 0) is 38.2 Å². The van der Waals surface area contributed by atoms with Crippen LogP contribution in [0.4, 0.5) is 4.79 Å². The highest BCUT2D eigenvalue weighted by Gasteiger charge is 2.38. The van der Waals surface area contributed by atoms with E-state index in [9.17, 15) is 9.59 Å². The van der Waals surface area contributed by atoms with Gasteiger partial charge in [-0.25, -0.2) is 4.79 Å². The summed E-state index contributed by atoms with van der Waals surface area (Å²) in [4.78, 5) is 27.4. The van der Waals surface area contributed by atoms with Crippen LogP contribution in [0.25, 0.3) is 0 Å². The van der Waals surface area contributed by atoms with Gasteiger partial charge in [0, 0.05) is 25.7 Å². The van der Waals surface area contributed by atoms with Gasteiger partial charge in [-0.3, -0.25) is 4.79 Å². The number of urea groups is 1. The molecule has 0 aromatic heterocycles. The SMILES string of the molecule is Cc1ccc(CNC(=O)N2CCCCCCNC(=O)C3CCCC32)cc1. The van der Waals surface area contributed by atoms with Crippen molar-refractivity contribution in [2.75, 3.05) is 13.1 Å². The molecule has 0 radical (unpaired) electrons. The summed E-state index contributed by atoms with van der Waals surface area (Å²) in [5.74, 6) is 0.0731. The zero-order valence-electron chi connectivity index (χ0n) is 15.8. The van der Waals surface area contributed by atoms with Crippen LogP contribution in [-0.4, -0.2) is 36.0 Å². The van der Waals surface area contributed by atoms with E-state index in [1.54, 1.807) is 0 Å². The lowest BCUT2D eigenvalue weighted by atomic mass is 10.0. The molecule has 0 bridgehead atoms. The van der Waals surface area contributed by atoms with Crippen LogP contribution in [0.1, 0.15) is 56.1 Å². The first-order valence-electron chi connectivity index (χ1n) is 10.0. The van der Waals surface area contributed by atoms with Crippen LogP contribution in [0.2, 0.25) is 0 Å². The summed E-state index contributed by atoms with van der Waals surface area (Å²) in [5.41, 5.74) is 2.31. The average Bonchev–Trinajstić information content (AvgIpc) is 3.11. The monoisotopic (exact) mass is 357 g/mol. The Morgan fingerprint density at radius 3 is 2.69 bits per heavy atom. The van der Waals surface area contributed by atoms with Gasteiger partial charge in [0.15, 0.2) is 0 Å². The molecule has 1 saturated heterocycles. The fourth-order valence-corrected chi connectivity index (χ4v) is 4.13. The number of carbonyl (C=O) groups excluding carboxylic acids is 2. The summed E-state index contributed by atoms with van der Waals surface area (Å²) >= 11 is 0. The highest BCUT2D eigenvalue weighted by atomic mass is 16.2. The van der Waals surface area contributed by atoms with Crippen LogP contribution in [-0.2, 0) is 11.3 Å². The molecule has 2 fully saturated rings. The Labute approximate surface area is 156 Å². The first-order valence-corrected chi connectivity index (χ1v) is 10.0. The fraction of sp³-hybridized carbons (Fsp3) is 0.619. The normalized spacial score (nSPS) is 24.3. The predicted molar refractivity (Wildman–Crippen MR) is 103 cm³/mol. The molecule has 5 nitrogen and oxygen atoms in total. The Balaban J connectivity index is 1.67. The molecular formula is C21H31N3O2. The molecule has 2 atom stereocenters. The Morgan fingerprint density at radius 1 is 1.12 bits per heavy atom. The van der Waals surface area contributed by atoms with E-state index in [1.165, 1.54) is 5.56 Å². The Morgan fingerprint density at radius 2 is 1.88 bits per heavy atom. The van der Waals surface area contributed by atoms with Crippen LogP contribution in [0, 0.1) is 12.8 Å². The number of amides is 3. The summed E-state index contributed by atoms with van der Waals surface area (Å²) < 4.78 is 0. The lowest BCUT2D eigenvalue weighted by Gasteiger charge is -2.32. The van der Waals surface area contributed by atoms with Crippen molar-refractivity contribution >= 4 is 11.9 Å². The van der Waals surface area contributed by atoms with Gasteiger partial charge in [0.05, 0.1) is 5.92 Å². The molecule has 1 aliphatic heterocycles. The van der Waals surface area contributed by atoms with Crippen LogP contribution in [0.3, 0.4) is 0 Å². The number of hydrogen-bond acceptors (Lipinski definition) is 2. The number of benzene rings is 1. The van der Waals surface area contributed by atoms with Gasteiger partial charge in [-0.15, -0.1) is 0 Å². The number of nitrogens with zero attached hydrogens (tertiary/aromatic N) is 1. The quantitative estimate of drug-likeness (QED) is 0.852. The molecule has 5 heteroatoms. The zero-order valence-corrected chi connectivity index (χ0v) is 15.8. The molecule has 2 N–H and O–H groups in total. The summed E-state index contributed by atoms with van der Waals surface area (Å²) in [7, 11) is 0. The number of nitrogens with one attached hydrogen (secondary N) is 2. The zero-order chi connectivity index (χ0) is 18.4. The predicted octanol–water partition coefficient (Wildman–Crippen LogP) is 3.37. The van der Waals surface area contributed by atoms with Crippen molar-refractivity contribution < 1.29 is 9.59 Å². The smallest absolute Gasteiger partial charge is 0.317 e. The van der Waals surface area contributed by atoms with E-state index in [1.807, 2.05) is 17.0 Å². The number of carbonyl (C=O) groups is 2. The maximum absolute atomic E-state index is 12.9. The Bertz CT molecular complexity index is 614. The molecule has 1 aromatic rings. The number of fused-ring (bicyclic) bond motifs is 1. The van der Waals surface area contributed by atoms with Gasteiger partial charge in [-0.1, -0.05) is 49.1 Å². The van der Waals surface area contributed by atoms with E-state index in [0.29, 0.717) is 6.54 Å². The Kier molecular flexibility index (Phi) is 6.53.